The van der Waals surface area contributed by atoms with Crippen LogP contribution in [0.25, 0.3) is 11.3 Å². The Kier molecular flexibility index (Phi) is 3.66. The quantitative estimate of drug-likeness (QED) is 0.828. The highest BCUT2D eigenvalue weighted by atomic mass is 32.1. The Morgan fingerprint density at radius 1 is 1.32 bits per heavy atom. The van der Waals surface area contributed by atoms with Crippen molar-refractivity contribution < 1.29 is 4.74 Å². The Balaban J connectivity index is 1.51. The predicted molar refractivity (Wildman–Crippen MR) is 91.6 cm³/mol. The maximum atomic E-state index is 5.85. The van der Waals surface area contributed by atoms with Crippen LogP contribution in [-0.2, 0) is 11.2 Å². The summed E-state index contributed by atoms with van der Waals surface area (Å²) in [5.41, 5.74) is 5.16. The smallest absolute Gasteiger partial charge is 0.118 e. The average molecular weight is 314 g/mol. The Morgan fingerprint density at radius 3 is 2.91 bits per heavy atom. The van der Waals surface area contributed by atoms with E-state index in [0.717, 1.165) is 42.9 Å². The molecule has 0 atom stereocenters. The number of benzene rings is 1. The van der Waals surface area contributed by atoms with E-state index in [-0.39, 0.29) is 0 Å². The van der Waals surface area contributed by atoms with Crippen molar-refractivity contribution in [2.75, 3.05) is 24.8 Å². The van der Waals surface area contributed by atoms with Crippen LogP contribution in [0.15, 0.2) is 18.2 Å². The van der Waals surface area contributed by atoms with E-state index in [2.05, 4.69) is 41.9 Å². The van der Waals surface area contributed by atoms with Gasteiger partial charge < -0.3 is 9.64 Å². The van der Waals surface area contributed by atoms with Gasteiger partial charge in [0.25, 0.3) is 0 Å². The Labute approximate surface area is 135 Å². The fraction of sp³-hybridized carbons (Fsp3) is 0.500. The maximum absolute atomic E-state index is 5.85. The first-order valence-corrected chi connectivity index (χ1v) is 8.92. The van der Waals surface area contributed by atoms with E-state index in [1.54, 1.807) is 11.3 Å². The van der Waals surface area contributed by atoms with E-state index >= 15 is 0 Å². The molecule has 0 amide bonds. The lowest BCUT2D eigenvalue weighted by Gasteiger charge is -2.19. The van der Waals surface area contributed by atoms with Crippen LogP contribution in [0.5, 0.6) is 0 Å². The molecule has 4 rings (SSSR count). The molecule has 1 fully saturated rings. The summed E-state index contributed by atoms with van der Waals surface area (Å²) in [6.45, 7) is 6.97. The van der Waals surface area contributed by atoms with Crippen LogP contribution < -0.4 is 4.90 Å². The van der Waals surface area contributed by atoms with Crippen molar-refractivity contribution in [3.8, 4) is 11.3 Å². The van der Waals surface area contributed by atoms with E-state index in [0.29, 0.717) is 0 Å². The largest absolute Gasteiger partial charge is 0.361 e. The molecule has 0 unspecified atom stereocenters. The van der Waals surface area contributed by atoms with Crippen molar-refractivity contribution in [1.82, 2.24) is 4.98 Å². The number of hydrogen-bond acceptors (Lipinski definition) is 4. The fourth-order valence-electron chi connectivity index (χ4n) is 3.16. The summed E-state index contributed by atoms with van der Waals surface area (Å²) in [5, 5.41) is 1.14. The van der Waals surface area contributed by atoms with Gasteiger partial charge in [0, 0.05) is 22.7 Å². The molecule has 1 saturated carbocycles. The highest BCUT2D eigenvalue weighted by molar-refractivity contribution is 7.11. The Hall–Kier alpha value is -1.39. The molecule has 2 aromatic rings. The van der Waals surface area contributed by atoms with Gasteiger partial charge in [-0.05, 0) is 56.7 Å². The van der Waals surface area contributed by atoms with Crippen molar-refractivity contribution in [3.63, 3.8) is 0 Å². The third kappa shape index (κ3) is 2.77. The number of thiazole rings is 1. The molecule has 116 valence electrons. The minimum atomic E-state index is 0.734. The minimum absolute atomic E-state index is 0.734. The summed E-state index contributed by atoms with van der Waals surface area (Å²) < 4.78 is 5.85. The van der Waals surface area contributed by atoms with Gasteiger partial charge in [-0.15, -0.1) is 11.3 Å². The molecule has 0 spiro atoms. The van der Waals surface area contributed by atoms with Crippen LogP contribution >= 0.6 is 11.3 Å². The van der Waals surface area contributed by atoms with Gasteiger partial charge in [0.05, 0.1) is 17.3 Å². The van der Waals surface area contributed by atoms with Gasteiger partial charge in [0.1, 0.15) is 6.73 Å². The van der Waals surface area contributed by atoms with Crippen molar-refractivity contribution in [2.45, 2.75) is 33.1 Å². The number of aromatic nitrogens is 1. The number of fused-ring (bicyclic) bond motifs is 1. The number of rotatable bonds is 5. The summed E-state index contributed by atoms with van der Waals surface area (Å²) >= 11 is 1.78. The first-order chi connectivity index (χ1) is 10.7. The van der Waals surface area contributed by atoms with Gasteiger partial charge in [-0.2, -0.15) is 0 Å². The fourth-order valence-corrected chi connectivity index (χ4v) is 4.00. The van der Waals surface area contributed by atoms with Gasteiger partial charge >= 0.3 is 0 Å². The summed E-state index contributed by atoms with van der Waals surface area (Å²) in [4.78, 5) is 8.35. The van der Waals surface area contributed by atoms with Crippen LogP contribution in [0.3, 0.4) is 0 Å². The number of ether oxygens (including phenoxy) is 1. The molecule has 1 aromatic carbocycles. The van der Waals surface area contributed by atoms with Gasteiger partial charge in [-0.25, -0.2) is 4.98 Å². The van der Waals surface area contributed by atoms with Gasteiger partial charge in [0.2, 0.25) is 0 Å². The molecule has 0 saturated heterocycles. The first kappa shape index (κ1) is 14.2. The average Bonchev–Trinajstić information content (AvgIpc) is 3.14. The standard InChI is InChI=1S/C18H22N2OS/c1-12-18(19-13(2)22-12)16-5-6-17-15(9-16)7-8-20(17)11-21-10-14-3-4-14/h5-6,9,14H,3-4,7-8,10-11H2,1-2H3. The van der Waals surface area contributed by atoms with Crippen LogP contribution in [0.1, 0.15) is 28.3 Å². The SMILES string of the molecule is Cc1nc(-c2ccc3c(c2)CCN3COCC2CC2)c(C)s1. The second-order valence-corrected chi connectivity index (χ2v) is 7.85. The van der Waals surface area contributed by atoms with Crippen LogP contribution in [0, 0.1) is 19.8 Å². The number of nitrogens with zero attached hydrogens (tertiary/aromatic N) is 2. The Bertz CT molecular complexity index is 690. The molecule has 0 bridgehead atoms. The number of anilines is 1. The molecule has 2 aliphatic rings. The predicted octanol–water partition coefficient (Wildman–Crippen LogP) is 4.17. The topological polar surface area (TPSA) is 25.4 Å². The molecule has 2 heterocycles. The van der Waals surface area contributed by atoms with E-state index < -0.39 is 0 Å². The molecule has 4 heteroatoms. The zero-order valence-electron chi connectivity index (χ0n) is 13.3. The molecule has 3 nitrogen and oxygen atoms in total. The molecule has 22 heavy (non-hydrogen) atoms. The number of aryl methyl sites for hydroxylation is 2. The van der Waals surface area contributed by atoms with Crippen molar-refractivity contribution in [2.24, 2.45) is 5.92 Å². The third-order valence-electron chi connectivity index (χ3n) is 4.55. The highest BCUT2D eigenvalue weighted by Gasteiger charge is 2.24. The second kappa shape index (κ2) is 5.67. The number of hydrogen-bond donors (Lipinski definition) is 0. The van der Waals surface area contributed by atoms with E-state index in [1.165, 1.54) is 34.5 Å². The van der Waals surface area contributed by atoms with Gasteiger partial charge in [0.15, 0.2) is 0 Å². The summed E-state index contributed by atoms with van der Waals surface area (Å²) in [6, 6.07) is 6.77. The molecule has 0 radical (unpaired) electrons. The lowest BCUT2D eigenvalue weighted by atomic mass is 10.1. The molecular weight excluding hydrogens is 292 g/mol. The minimum Gasteiger partial charge on any atom is -0.361 e. The maximum Gasteiger partial charge on any atom is 0.118 e. The van der Waals surface area contributed by atoms with Crippen molar-refractivity contribution in [1.29, 1.82) is 0 Å². The summed E-state index contributed by atoms with van der Waals surface area (Å²) in [5.74, 6) is 0.834. The highest BCUT2D eigenvalue weighted by Crippen LogP contribution is 2.34. The van der Waals surface area contributed by atoms with E-state index in [1.807, 2.05) is 0 Å². The molecule has 1 aliphatic heterocycles. The third-order valence-corrected chi connectivity index (χ3v) is 5.43. The van der Waals surface area contributed by atoms with Crippen molar-refractivity contribution in [3.05, 3.63) is 33.6 Å². The molecular formula is C18H22N2OS. The monoisotopic (exact) mass is 314 g/mol. The van der Waals surface area contributed by atoms with E-state index in [4.69, 9.17) is 4.74 Å². The summed E-state index contributed by atoms with van der Waals surface area (Å²) in [6.07, 6.45) is 3.82. The second-order valence-electron chi connectivity index (χ2n) is 6.44. The van der Waals surface area contributed by atoms with Gasteiger partial charge in [-0.3, -0.25) is 0 Å². The van der Waals surface area contributed by atoms with Crippen LogP contribution in [0.4, 0.5) is 5.69 Å². The van der Waals surface area contributed by atoms with Crippen molar-refractivity contribution >= 4 is 17.0 Å². The zero-order chi connectivity index (χ0) is 15.1. The van der Waals surface area contributed by atoms with Crippen LogP contribution in [0.2, 0.25) is 0 Å². The molecule has 1 aliphatic carbocycles. The normalized spacial score (nSPS) is 17.1. The lowest BCUT2D eigenvalue weighted by molar-refractivity contribution is 0.125. The van der Waals surface area contributed by atoms with Crippen LogP contribution in [-0.4, -0.2) is 24.9 Å². The van der Waals surface area contributed by atoms with Gasteiger partial charge in [-0.1, -0.05) is 6.07 Å². The van der Waals surface area contributed by atoms with E-state index in [9.17, 15) is 0 Å². The summed E-state index contributed by atoms with van der Waals surface area (Å²) in [7, 11) is 0. The molecule has 1 aromatic heterocycles. The Morgan fingerprint density at radius 2 is 2.18 bits per heavy atom. The lowest BCUT2D eigenvalue weighted by Crippen LogP contribution is -2.24. The zero-order valence-corrected chi connectivity index (χ0v) is 14.1. The molecule has 0 N–H and O–H groups in total. The first-order valence-electron chi connectivity index (χ1n) is 8.11.